The fraction of sp³-hybridized carbons (Fsp3) is 0.412. The Labute approximate surface area is 208 Å². The number of fused-ring (bicyclic) bond motifs is 1. The largest absolute Gasteiger partial charge is 1.00 e. The molecule has 1 aliphatic rings. The van der Waals surface area contributed by atoms with Crippen molar-refractivity contribution in [3.05, 3.63) is 29.2 Å². The molecule has 0 saturated heterocycles. The van der Waals surface area contributed by atoms with Crippen molar-refractivity contribution in [3.63, 3.8) is 0 Å². The summed E-state index contributed by atoms with van der Waals surface area (Å²) < 4.78 is 5.84. The molecule has 2 heterocycles. The monoisotopic (exact) mass is 435 g/mol. The van der Waals surface area contributed by atoms with E-state index in [1.807, 2.05) is 13.8 Å². The van der Waals surface area contributed by atoms with Crippen LogP contribution in [0.25, 0.3) is 10.8 Å². The molecule has 0 spiro atoms. The van der Waals surface area contributed by atoms with Crippen molar-refractivity contribution in [2.45, 2.75) is 38.3 Å². The third-order valence-electron chi connectivity index (χ3n) is 3.86. The molecule has 0 unspecified atom stereocenters. The molecular formula is C17H19ClKN3O6. The van der Waals surface area contributed by atoms with Crippen molar-refractivity contribution >= 4 is 34.5 Å². The number of carboxylic acid groups (broad SMARTS) is 3. The van der Waals surface area contributed by atoms with E-state index in [2.05, 4.69) is 15.3 Å². The molecule has 1 fully saturated rings. The number of carbonyl (C=O) groups is 2. The molecule has 0 aromatic carbocycles. The summed E-state index contributed by atoms with van der Waals surface area (Å²) >= 11 is 6.05. The molecular weight excluding hydrogens is 417 g/mol. The Kier molecular flexibility index (Phi) is 9.54. The van der Waals surface area contributed by atoms with E-state index >= 15 is 0 Å². The van der Waals surface area contributed by atoms with Crippen LogP contribution in [-0.2, 0) is 10.3 Å². The van der Waals surface area contributed by atoms with E-state index in [4.69, 9.17) is 36.5 Å². The molecule has 0 radical (unpaired) electrons. The molecule has 11 heteroatoms. The molecule has 0 aliphatic heterocycles. The first-order chi connectivity index (χ1) is 12.6. The summed E-state index contributed by atoms with van der Waals surface area (Å²) in [6.07, 6.45) is 3.59. The van der Waals surface area contributed by atoms with Gasteiger partial charge in [-0.3, -0.25) is 10.1 Å². The van der Waals surface area contributed by atoms with Gasteiger partial charge in [0.05, 0.1) is 11.9 Å². The molecule has 1 aliphatic carbocycles. The predicted molar refractivity (Wildman–Crippen MR) is 94.9 cm³/mol. The molecule has 0 amide bonds. The summed E-state index contributed by atoms with van der Waals surface area (Å²) in [4.78, 5) is 27.8. The van der Waals surface area contributed by atoms with Crippen LogP contribution >= 0.6 is 11.6 Å². The normalized spacial score (nSPS) is 13.1. The first-order valence-electron chi connectivity index (χ1n) is 8.08. The summed E-state index contributed by atoms with van der Waals surface area (Å²) in [7, 11) is 0. The molecule has 28 heavy (non-hydrogen) atoms. The third kappa shape index (κ3) is 7.43. The summed E-state index contributed by atoms with van der Waals surface area (Å²) in [6, 6.07) is 1.76. The zero-order valence-corrected chi connectivity index (χ0v) is 19.6. The van der Waals surface area contributed by atoms with Gasteiger partial charge in [-0.25, -0.2) is 9.97 Å². The number of carboxylic acids is 1. The van der Waals surface area contributed by atoms with E-state index in [9.17, 15) is 4.79 Å². The minimum atomic E-state index is -2.08. The van der Waals surface area contributed by atoms with Gasteiger partial charge in [0.25, 0.3) is 0 Å². The van der Waals surface area contributed by atoms with Crippen molar-refractivity contribution in [3.8, 4) is 5.88 Å². The Balaban J connectivity index is 0.000000717. The second kappa shape index (κ2) is 10.7. The predicted octanol–water partition coefficient (Wildman–Crippen LogP) is -1.37. The van der Waals surface area contributed by atoms with Crippen molar-refractivity contribution in [1.82, 2.24) is 15.3 Å². The minimum absolute atomic E-state index is 0. The van der Waals surface area contributed by atoms with E-state index < -0.39 is 17.7 Å². The molecule has 3 rings (SSSR count). The van der Waals surface area contributed by atoms with Crippen LogP contribution in [0, 0.1) is 0 Å². The quantitative estimate of drug-likeness (QED) is 0.369. The van der Waals surface area contributed by atoms with Gasteiger partial charge in [0.15, 0.2) is 0 Å². The molecule has 0 bridgehead atoms. The second-order valence-corrected chi connectivity index (χ2v) is 6.87. The molecule has 0 atom stereocenters. The number of nitrogens with zero attached hydrogens (tertiary/aromatic N) is 2. The van der Waals surface area contributed by atoms with E-state index in [0.29, 0.717) is 11.0 Å². The summed E-state index contributed by atoms with van der Waals surface area (Å²) in [6.45, 7) is 3.66. The van der Waals surface area contributed by atoms with Gasteiger partial charge < -0.3 is 24.9 Å². The second-order valence-electron chi connectivity index (χ2n) is 6.49. The van der Waals surface area contributed by atoms with Crippen LogP contribution in [0.2, 0.25) is 5.15 Å². The van der Waals surface area contributed by atoms with Crippen molar-refractivity contribution in [1.29, 1.82) is 0 Å². The van der Waals surface area contributed by atoms with Gasteiger partial charge in [-0.2, -0.15) is 0 Å². The Hall–Kier alpha value is -1.01. The van der Waals surface area contributed by atoms with Crippen LogP contribution in [-0.4, -0.2) is 45.0 Å². The van der Waals surface area contributed by atoms with Gasteiger partial charge in [0, 0.05) is 17.9 Å². The molecule has 3 N–H and O–H groups in total. The molecule has 9 nitrogen and oxygen atoms in total. The Morgan fingerprint density at radius 2 is 1.89 bits per heavy atom. The number of nitrogens with one attached hydrogen (secondary N) is 1. The Bertz CT molecular complexity index is 856. The van der Waals surface area contributed by atoms with Crippen LogP contribution in [0.3, 0.4) is 0 Å². The summed E-state index contributed by atoms with van der Waals surface area (Å²) in [5.74, 6) is -0.367. The van der Waals surface area contributed by atoms with Gasteiger partial charge in [-0.1, -0.05) is 11.6 Å². The summed E-state index contributed by atoms with van der Waals surface area (Å²) in [5, 5.41) is 29.2. The number of pyridine rings is 2. The van der Waals surface area contributed by atoms with Crippen molar-refractivity contribution in [2.24, 2.45) is 0 Å². The summed E-state index contributed by atoms with van der Waals surface area (Å²) in [5.41, 5.74) is 0.257. The third-order valence-corrected chi connectivity index (χ3v) is 4.07. The van der Waals surface area contributed by atoms with Crippen LogP contribution in [0.5, 0.6) is 5.88 Å². The van der Waals surface area contributed by atoms with Crippen LogP contribution in [0.4, 0.5) is 4.79 Å². The van der Waals surface area contributed by atoms with E-state index in [-0.39, 0.29) is 64.0 Å². The number of aromatic nitrogens is 2. The van der Waals surface area contributed by atoms with Gasteiger partial charge in [0.1, 0.15) is 11.3 Å². The topological polar surface area (TPSA) is 145 Å². The molecule has 146 valence electrons. The molecule has 1 saturated carbocycles. The maximum atomic E-state index is 10.8. The van der Waals surface area contributed by atoms with Crippen LogP contribution in [0.15, 0.2) is 18.5 Å². The van der Waals surface area contributed by atoms with Crippen molar-refractivity contribution in [2.75, 3.05) is 6.54 Å². The average Bonchev–Trinajstić information content (AvgIpc) is 3.36. The smallest absolute Gasteiger partial charge is 0.565 e. The van der Waals surface area contributed by atoms with E-state index in [1.54, 1.807) is 18.5 Å². The van der Waals surface area contributed by atoms with E-state index in [0.717, 1.165) is 29.2 Å². The zero-order valence-electron chi connectivity index (χ0n) is 15.7. The maximum Gasteiger partial charge on any atom is 1.00 e. The fourth-order valence-corrected chi connectivity index (χ4v) is 2.57. The molecule has 2 aromatic heterocycles. The number of halogens is 1. The van der Waals surface area contributed by atoms with Gasteiger partial charge in [0.2, 0.25) is 12.0 Å². The molecule has 2 aromatic rings. The number of rotatable bonds is 6. The average molecular weight is 436 g/mol. The zero-order chi connectivity index (χ0) is 20.2. The first-order valence-corrected chi connectivity index (χ1v) is 8.46. The minimum Gasteiger partial charge on any atom is -0.565 e. The first kappa shape index (κ1) is 25.0. The van der Waals surface area contributed by atoms with Crippen LogP contribution < -0.4 is 66.5 Å². The Morgan fingerprint density at radius 3 is 2.43 bits per heavy atom. The number of hydrogen-bond donors (Lipinski definition) is 3. The number of aliphatic carboxylic acids is 1. The van der Waals surface area contributed by atoms with Gasteiger partial charge >= 0.3 is 57.4 Å². The van der Waals surface area contributed by atoms with Crippen LogP contribution in [0.1, 0.15) is 32.3 Å². The SMILES string of the molecule is CC(C)(NCC(=O)O)c1cnc(OC2CC2)c2cnc(Cl)cc12.O=C([O-])O.[K+]. The number of hydrogen-bond acceptors (Lipinski definition) is 7. The maximum absolute atomic E-state index is 10.8. The van der Waals surface area contributed by atoms with Crippen molar-refractivity contribution < 1.29 is 81.0 Å². The fourth-order valence-electron chi connectivity index (χ4n) is 2.41. The number of ether oxygens (including phenoxy) is 1. The van der Waals surface area contributed by atoms with Gasteiger partial charge in [-0.15, -0.1) is 0 Å². The Morgan fingerprint density at radius 1 is 1.29 bits per heavy atom. The standard InChI is InChI=1S/C16H18ClN3O3.CH2O3.K/c1-16(2,20-8-14(21)22)12-7-19-15(23-9-3-4-9)11-6-18-13(17)5-10(11)12;2-1(3)4;/h5-7,9,20H,3-4,8H2,1-2H3,(H,21,22);(H2,2,3,4);/q;;+1/p-1. The van der Waals surface area contributed by atoms with Gasteiger partial charge in [-0.05, 0) is 43.7 Å². The van der Waals surface area contributed by atoms with E-state index in [1.165, 1.54) is 0 Å².